The first-order chi connectivity index (χ1) is 16.1. The number of benzene rings is 2. The van der Waals surface area contributed by atoms with Crippen molar-refractivity contribution in [2.75, 3.05) is 0 Å². The normalized spacial score (nSPS) is 11.3. The molecule has 2 aromatic carbocycles. The average Bonchev–Trinajstić information content (AvgIpc) is 2.78. The quantitative estimate of drug-likeness (QED) is 0.240. The summed E-state index contributed by atoms with van der Waals surface area (Å²) in [6.45, 7) is 14.0. The maximum atomic E-state index is 2.55. The summed E-state index contributed by atoms with van der Waals surface area (Å²) in [7, 11) is 0. The predicted octanol–water partition coefficient (Wildman–Crippen LogP) is 9.58. The van der Waals surface area contributed by atoms with Gasteiger partial charge >= 0.3 is 0 Å². The van der Waals surface area contributed by atoms with Gasteiger partial charge in [-0.3, -0.25) is 0 Å². The van der Waals surface area contributed by atoms with Crippen molar-refractivity contribution in [3.8, 4) is 0 Å². The minimum atomic E-state index is 1.22. The Morgan fingerprint density at radius 3 is 0.879 bits per heavy atom. The summed E-state index contributed by atoms with van der Waals surface area (Å²) < 4.78 is 0. The third-order valence-corrected chi connectivity index (χ3v) is 7.00. The molecule has 0 spiro atoms. The van der Waals surface area contributed by atoms with E-state index < -0.39 is 0 Å². The van der Waals surface area contributed by atoms with Crippen molar-refractivity contribution in [3.05, 3.63) is 68.8 Å². The molecule has 0 saturated heterocycles. The summed E-state index contributed by atoms with van der Waals surface area (Å²) in [6.07, 6.45) is 18.6. The third-order valence-electron chi connectivity index (χ3n) is 7.00. The molecular weight excluding hydrogens is 396 g/mol. The topological polar surface area (TPSA) is 0 Å². The Labute approximate surface area is 206 Å². The Kier molecular flexibility index (Phi) is 12.9. The van der Waals surface area contributed by atoms with E-state index in [0.717, 1.165) is 0 Å². The van der Waals surface area contributed by atoms with Gasteiger partial charge in [0.2, 0.25) is 0 Å². The Hall–Kier alpha value is -1.56. The maximum Gasteiger partial charge on any atom is -0.0270 e. The molecule has 0 heteroatoms. The van der Waals surface area contributed by atoms with Gasteiger partial charge in [0, 0.05) is 0 Å². The van der Waals surface area contributed by atoms with Gasteiger partial charge in [0.15, 0.2) is 0 Å². The van der Waals surface area contributed by atoms with Crippen molar-refractivity contribution in [1.29, 1.82) is 0 Å². The van der Waals surface area contributed by atoms with Crippen LogP contribution in [0.15, 0.2) is 24.3 Å². The Morgan fingerprint density at radius 2 is 0.636 bits per heavy atom. The fraction of sp³-hybridized carbons (Fsp3) is 0.636. The van der Waals surface area contributed by atoms with E-state index in [9.17, 15) is 0 Å². The van der Waals surface area contributed by atoms with Crippen LogP contribution in [-0.4, -0.2) is 0 Å². The van der Waals surface area contributed by atoms with E-state index in [1.807, 2.05) is 0 Å². The largest absolute Gasteiger partial charge is 0.0651 e. The van der Waals surface area contributed by atoms with E-state index >= 15 is 0 Å². The first kappa shape index (κ1) is 27.7. The zero-order valence-electron chi connectivity index (χ0n) is 22.9. The van der Waals surface area contributed by atoms with Gasteiger partial charge in [-0.15, -0.1) is 0 Å². The van der Waals surface area contributed by atoms with Gasteiger partial charge in [0.25, 0.3) is 0 Å². The van der Waals surface area contributed by atoms with E-state index in [2.05, 4.69) is 65.8 Å². The molecule has 0 aliphatic carbocycles. The Bertz CT molecular complexity index is 702. The molecule has 2 aromatic rings. The lowest BCUT2D eigenvalue weighted by atomic mass is 9.86. The van der Waals surface area contributed by atoms with Gasteiger partial charge in [0.1, 0.15) is 0 Å². The zero-order chi connectivity index (χ0) is 24.1. The van der Waals surface area contributed by atoms with E-state index in [-0.39, 0.29) is 0 Å². The molecule has 0 fully saturated rings. The molecule has 0 aromatic heterocycles. The van der Waals surface area contributed by atoms with Crippen LogP contribution in [0.25, 0.3) is 0 Å². The van der Waals surface area contributed by atoms with Crippen LogP contribution in [0.1, 0.15) is 131 Å². The second kappa shape index (κ2) is 15.4. The smallest absolute Gasteiger partial charge is 0.0270 e. The number of hydrogen-bond acceptors (Lipinski definition) is 0. The second-order valence-corrected chi connectivity index (χ2v) is 10.1. The van der Waals surface area contributed by atoms with Crippen LogP contribution in [0.4, 0.5) is 0 Å². The predicted molar refractivity (Wildman–Crippen MR) is 149 cm³/mol. The molecule has 0 heterocycles. The molecular formula is C33H52. The van der Waals surface area contributed by atoms with Crippen LogP contribution >= 0.6 is 0 Å². The van der Waals surface area contributed by atoms with E-state index in [0.29, 0.717) is 0 Å². The first-order valence-corrected chi connectivity index (χ1v) is 14.4. The van der Waals surface area contributed by atoms with Crippen LogP contribution in [0, 0.1) is 0 Å². The Balaban J connectivity index is 2.32. The van der Waals surface area contributed by atoms with E-state index in [1.54, 1.807) is 44.5 Å². The highest BCUT2D eigenvalue weighted by atomic mass is 14.2. The van der Waals surface area contributed by atoms with Gasteiger partial charge in [0.05, 0.1) is 0 Å². The average molecular weight is 449 g/mol. The molecule has 0 saturated carbocycles. The SMILES string of the molecule is CCCc1cc(CCC)c(CCCc2c(CCC)cc(CCC)cc2CCC)c(CCC)c1. The molecule has 0 nitrogen and oxygen atoms in total. The fourth-order valence-electron chi connectivity index (χ4n) is 5.66. The molecule has 33 heavy (non-hydrogen) atoms. The van der Waals surface area contributed by atoms with Crippen molar-refractivity contribution in [3.63, 3.8) is 0 Å². The van der Waals surface area contributed by atoms with Gasteiger partial charge in [-0.1, -0.05) is 104 Å². The van der Waals surface area contributed by atoms with E-state index in [4.69, 9.17) is 0 Å². The van der Waals surface area contributed by atoms with Crippen LogP contribution in [-0.2, 0) is 51.4 Å². The lowest BCUT2D eigenvalue weighted by Gasteiger charge is -2.20. The van der Waals surface area contributed by atoms with Crippen molar-refractivity contribution < 1.29 is 0 Å². The van der Waals surface area contributed by atoms with Crippen molar-refractivity contribution in [2.45, 2.75) is 138 Å². The Morgan fingerprint density at radius 1 is 0.364 bits per heavy atom. The molecule has 0 amide bonds. The fourth-order valence-corrected chi connectivity index (χ4v) is 5.66. The maximum absolute atomic E-state index is 2.55. The molecule has 184 valence electrons. The lowest BCUT2D eigenvalue weighted by molar-refractivity contribution is 0.754. The molecule has 0 unspecified atom stereocenters. The molecule has 0 bridgehead atoms. The highest BCUT2D eigenvalue weighted by Crippen LogP contribution is 2.27. The first-order valence-electron chi connectivity index (χ1n) is 14.4. The summed E-state index contributed by atoms with van der Waals surface area (Å²) in [6, 6.07) is 10.2. The van der Waals surface area contributed by atoms with Gasteiger partial charge < -0.3 is 0 Å². The third kappa shape index (κ3) is 8.31. The molecule has 0 N–H and O–H groups in total. The molecule has 0 radical (unpaired) electrons. The minimum absolute atomic E-state index is 1.22. The summed E-state index contributed by atoms with van der Waals surface area (Å²) >= 11 is 0. The van der Waals surface area contributed by atoms with Crippen molar-refractivity contribution in [2.24, 2.45) is 0 Å². The van der Waals surface area contributed by atoms with Crippen LogP contribution < -0.4 is 0 Å². The van der Waals surface area contributed by atoms with Gasteiger partial charge in [-0.05, 0) is 102 Å². The number of hydrogen-bond donors (Lipinski definition) is 0. The van der Waals surface area contributed by atoms with Crippen molar-refractivity contribution in [1.82, 2.24) is 0 Å². The number of rotatable bonds is 16. The van der Waals surface area contributed by atoms with Crippen LogP contribution in [0.2, 0.25) is 0 Å². The summed E-state index contributed by atoms with van der Waals surface area (Å²) in [4.78, 5) is 0. The molecule has 2 rings (SSSR count). The summed E-state index contributed by atoms with van der Waals surface area (Å²) in [5.74, 6) is 0. The lowest BCUT2D eigenvalue weighted by Crippen LogP contribution is -2.07. The minimum Gasteiger partial charge on any atom is -0.0651 e. The second-order valence-electron chi connectivity index (χ2n) is 10.1. The molecule has 0 aliphatic rings. The summed E-state index contributed by atoms with van der Waals surface area (Å²) in [5.41, 5.74) is 13.1. The van der Waals surface area contributed by atoms with Crippen LogP contribution in [0.3, 0.4) is 0 Å². The highest BCUT2D eigenvalue weighted by molar-refractivity contribution is 5.42. The molecule has 0 atom stereocenters. The van der Waals surface area contributed by atoms with Crippen LogP contribution in [0.5, 0.6) is 0 Å². The molecule has 0 aliphatic heterocycles. The highest BCUT2D eigenvalue weighted by Gasteiger charge is 2.14. The van der Waals surface area contributed by atoms with E-state index in [1.165, 1.54) is 96.3 Å². The zero-order valence-corrected chi connectivity index (χ0v) is 22.9. The van der Waals surface area contributed by atoms with Gasteiger partial charge in [-0.25, -0.2) is 0 Å². The standard InChI is InChI=1S/C33H52/c1-7-14-26-22-28(16-9-3)32(29(23-26)17-10-4)20-13-21-33-30(18-11-5)24-27(15-8-2)25-31(33)19-12-6/h22-25H,7-21H2,1-6H3. The monoisotopic (exact) mass is 448 g/mol. The van der Waals surface area contributed by atoms with Crippen molar-refractivity contribution >= 4 is 0 Å². The number of aryl methyl sites for hydroxylation is 6. The summed E-state index contributed by atoms with van der Waals surface area (Å²) in [5, 5.41) is 0. The van der Waals surface area contributed by atoms with Gasteiger partial charge in [-0.2, -0.15) is 0 Å².